The molecule has 216 valence electrons. The molecule has 3 aliphatic rings. The molecule has 8 nitrogen and oxygen atoms in total. The zero-order valence-electron chi connectivity index (χ0n) is 22.8. The molecule has 1 saturated heterocycles. The number of likely N-dealkylation sites (tertiary alicyclic amines) is 1. The minimum Gasteiger partial charge on any atom is -0.365 e. The van der Waals surface area contributed by atoms with Gasteiger partial charge in [0.15, 0.2) is 17.0 Å². The Kier molecular flexibility index (Phi) is 7.85. The van der Waals surface area contributed by atoms with Gasteiger partial charge in [0.1, 0.15) is 0 Å². The van der Waals surface area contributed by atoms with Gasteiger partial charge >= 0.3 is 6.18 Å². The first-order chi connectivity index (χ1) is 19.3. The molecule has 40 heavy (non-hydrogen) atoms. The molecule has 4 N–H and O–H groups in total. The van der Waals surface area contributed by atoms with Gasteiger partial charge in [-0.3, -0.25) is 4.90 Å². The molecule has 6 rings (SSSR count). The standard InChI is InChI=1S/C29H39F3N8/c30-29(31,32)20-5-3-4-19(16-20)17-39-14-12-23(13-15-39)35-26-25-27(40(18-34-25)24-6-1-2-7-24)38-28(37-26)36-22-10-8-21(33)9-11-22/h3-5,16,18,21-24H,1-2,6-15,17,33H2,(H2,35,36,37,38). The zero-order chi connectivity index (χ0) is 27.7. The monoisotopic (exact) mass is 556 g/mol. The van der Waals surface area contributed by atoms with Gasteiger partial charge in [-0.2, -0.15) is 23.1 Å². The Morgan fingerprint density at radius 1 is 0.900 bits per heavy atom. The van der Waals surface area contributed by atoms with Crippen molar-refractivity contribution < 1.29 is 13.2 Å². The molecule has 1 aromatic carbocycles. The third-order valence-corrected chi connectivity index (χ3v) is 8.83. The Morgan fingerprint density at radius 2 is 1.62 bits per heavy atom. The van der Waals surface area contributed by atoms with E-state index in [-0.39, 0.29) is 12.1 Å². The first-order valence-electron chi connectivity index (χ1n) is 14.7. The van der Waals surface area contributed by atoms with Crippen molar-refractivity contribution in [3.8, 4) is 0 Å². The van der Waals surface area contributed by atoms with E-state index < -0.39 is 11.7 Å². The number of anilines is 2. The van der Waals surface area contributed by atoms with Crippen LogP contribution in [-0.2, 0) is 12.7 Å². The van der Waals surface area contributed by atoms with E-state index >= 15 is 0 Å². The van der Waals surface area contributed by atoms with Crippen LogP contribution in [0.1, 0.15) is 81.4 Å². The number of imidazole rings is 1. The van der Waals surface area contributed by atoms with Gasteiger partial charge in [-0.1, -0.05) is 31.0 Å². The summed E-state index contributed by atoms with van der Waals surface area (Å²) in [4.78, 5) is 16.8. The van der Waals surface area contributed by atoms with Crippen molar-refractivity contribution in [3.05, 3.63) is 41.7 Å². The summed E-state index contributed by atoms with van der Waals surface area (Å²) in [6, 6.07) is 6.87. The minimum absolute atomic E-state index is 0.202. The predicted molar refractivity (Wildman–Crippen MR) is 150 cm³/mol. The van der Waals surface area contributed by atoms with Crippen LogP contribution in [0.25, 0.3) is 11.2 Å². The number of nitrogens with one attached hydrogen (secondary N) is 2. The van der Waals surface area contributed by atoms with E-state index in [1.54, 1.807) is 6.07 Å². The summed E-state index contributed by atoms with van der Waals surface area (Å²) in [5.74, 6) is 1.39. The molecule has 2 saturated carbocycles. The highest BCUT2D eigenvalue weighted by Gasteiger charge is 2.31. The summed E-state index contributed by atoms with van der Waals surface area (Å²) in [5.41, 5.74) is 7.89. The average Bonchev–Trinajstić information content (AvgIpc) is 3.61. The molecule has 0 bridgehead atoms. The zero-order valence-corrected chi connectivity index (χ0v) is 22.8. The van der Waals surface area contributed by atoms with Gasteiger partial charge in [0.05, 0.1) is 11.9 Å². The van der Waals surface area contributed by atoms with E-state index in [1.807, 2.05) is 6.33 Å². The molecule has 0 unspecified atom stereocenters. The number of benzene rings is 1. The van der Waals surface area contributed by atoms with Crippen LogP contribution in [-0.4, -0.2) is 55.6 Å². The molecular formula is C29H39F3N8. The van der Waals surface area contributed by atoms with Crippen molar-refractivity contribution in [2.45, 2.75) is 101 Å². The van der Waals surface area contributed by atoms with Crippen molar-refractivity contribution in [2.75, 3.05) is 23.7 Å². The molecule has 0 amide bonds. The fourth-order valence-corrected chi connectivity index (χ4v) is 6.51. The van der Waals surface area contributed by atoms with E-state index in [0.29, 0.717) is 30.1 Å². The van der Waals surface area contributed by atoms with Gasteiger partial charge in [0.25, 0.3) is 0 Å². The maximum Gasteiger partial charge on any atom is 0.416 e. The molecular weight excluding hydrogens is 517 g/mol. The predicted octanol–water partition coefficient (Wildman–Crippen LogP) is 5.72. The quantitative estimate of drug-likeness (QED) is 0.343. The number of piperidine rings is 1. The summed E-state index contributed by atoms with van der Waals surface area (Å²) in [5, 5.41) is 7.24. The number of nitrogens with zero attached hydrogens (tertiary/aromatic N) is 5. The van der Waals surface area contributed by atoms with E-state index in [0.717, 1.165) is 87.5 Å². The number of fused-ring (bicyclic) bond motifs is 1. The van der Waals surface area contributed by atoms with Gasteiger partial charge in [-0.15, -0.1) is 0 Å². The summed E-state index contributed by atoms with van der Waals surface area (Å²) in [6.07, 6.45) is 8.12. The van der Waals surface area contributed by atoms with E-state index in [4.69, 9.17) is 20.7 Å². The van der Waals surface area contributed by atoms with Crippen molar-refractivity contribution in [2.24, 2.45) is 5.73 Å². The number of hydrogen-bond acceptors (Lipinski definition) is 7. The second-order valence-electron chi connectivity index (χ2n) is 11.8. The molecule has 3 heterocycles. The highest BCUT2D eigenvalue weighted by atomic mass is 19.4. The maximum absolute atomic E-state index is 13.1. The summed E-state index contributed by atoms with van der Waals surface area (Å²) < 4.78 is 41.6. The molecule has 3 aromatic rings. The molecule has 2 aromatic heterocycles. The van der Waals surface area contributed by atoms with Crippen LogP contribution in [0.4, 0.5) is 24.9 Å². The Morgan fingerprint density at radius 3 is 2.35 bits per heavy atom. The molecule has 1 aliphatic heterocycles. The molecule has 2 aliphatic carbocycles. The molecule has 0 atom stereocenters. The largest absolute Gasteiger partial charge is 0.416 e. The number of hydrogen-bond donors (Lipinski definition) is 3. The second kappa shape index (κ2) is 11.5. The first kappa shape index (κ1) is 27.3. The highest BCUT2D eigenvalue weighted by Crippen LogP contribution is 2.34. The fraction of sp³-hybridized carbons (Fsp3) is 0.621. The molecule has 11 heteroatoms. The summed E-state index contributed by atoms with van der Waals surface area (Å²) in [6.45, 7) is 2.11. The normalized spacial score (nSPS) is 23.6. The lowest BCUT2D eigenvalue weighted by Gasteiger charge is -2.33. The molecule has 3 fully saturated rings. The third-order valence-electron chi connectivity index (χ3n) is 8.83. The SMILES string of the molecule is NC1CCC(Nc2nc(NC3CCN(Cc4cccc(C(F)(F)F)c4)CC3)c3ncn(C4CCCC4)c3n2)CC1. The Hall–Kier alpha value is -2.92. The topological polar surface area (TPSA) is 96.9 Å². The number of alkyl halides is 3. The smallest absolute Gasteiger partial charge is 0.365 e. The van der Waals surface area contributed by atoms with E-state index in [1.165, 1.54) is 25.0 Å². The van der Waals surface area contributed by atoms with Crippen molar-refractivity contribution in [1.29, 1.82) is 0 Å². The summed E-state index contributed by atoms with van der Waals surface area (Å²) in [7, 11) is 0. The van der Waals surface area contributed by atoms with Crippen LogP contribution in [0.3, 0.4) is 0 Å². The van der Waals surface area contributed by atoms with Crippen LogP contribution in [0.15, 0.2) is 30.6 Å². The van der Waals surface area contributed by atoms with Crippen LogP contribution in [0.2, 0.25) is 0 Å². The van der Waals surface area contributed by atoms with Crippen LogP contribution < -0.4 is 16.4 Å². The number of nitrogens with two attached hydrogens (primary N) is 1. The van der Waals surface area contributed by atoms with Crippen molar-refractivity contribution in [3.63, 3.8) is 0 Å². The van der Waals surface area contributed by atoms with Crippen LogP contribution >= 0.6 is 0 Å². The average molecular weight is 557 g/mol. The van der Waals surface area contributed by atoms with Gasteiger partial charge in [-0.25, -0.2) is 4.98 Å². The second-order valence-corrected chi connectivity index (χ2v) is 11.8. The lowest BCUT2D eigenvalue weighted by atomic mass is 9.92. The minimum atomic E-state index is -4.32. The van der Waals surface area contributed by atoms with Gasteiger partial charge in [0, 0.05) is 43.8 Å². The van der Waals surface area contributed by atoms with Crippen molar-refractivity contribution in [1.82, 2.24) is 24.4 Å². The highest BCUT2D eigenvalue weighted by molar-refractivity contribution is 5.84. The lowest BCUT2D eigenvalue weighted by Crippen LogP contribution is -2.39. The van der Waals surface area contributed by atoms with Gasteiger partial charge in [-0.05, 0) is 63.0 Å². The number of halogens is 3. The third kappa shape index (κ3) is 6.20. The van der Waals surface area contributed by atoms with Crippen molar-refractivity contribution >= 4 is 22.9 Å². The maximum atomic E-state index is 13.1. The van der Waals surface area contributed by atoms with Gasteiger partial charge in [0.2, 0.25) is 5.95 Å². The molecule has 0 radical (unpaired) electrons. The van der Waals surface area contributed by atoms with Crippen LogP contribution in [0, 0.1) is 0 Å². The van der Waals surface area contributed by atoms with Crippen LogP contribution in [0.5, 0.6) is 0 Å². The lowest BCUT2D eigenvalue weighted by molar-refractivity contribution is -0.137. The Labute approximate surface area is 232 Å². The fourth-order valence-electron chi connectivity index (χ4n) is 6.51. The Bertz CT molecular complexity index is 1290. The summed E-state index contributed by atoms with van der Waals surface area (Å²) >= 11 is 0. The molecule has 0 spiro atoms. The first-order valence-corrected chi connectivity index (χ1v) is 14.7. The number of rotatable bonds is 7. The van der Waals surface area contributed by atoms with E-state index in [2.05, 4.69) is 20.1 Å². The Balaban J connectivity index is 1.15. The van der Waals surface area contributed by atoms with E-state index in [9.17, 15) is 13.2 Å². The number of aromatic nitrogens is 4. The van der Waals surface area contributed by atoms with Gasteiger partial charge < -0.3 is 20.9 Å².